The van der Waals surface area contributed by atoms with Crippen LogP contribution in [-0.4, -0.2) is 54.3 Å². The van der Waals surface area contributed by atoms with Crippen LogP contribution in [0.25, 0.3) is 0 Å². The number of amides is 2. The quantitative estimate of drug-likeness (QED) is 0.780. The molecule has 0 spiro atoms. The molecule has 6 heteroatoms. The number of benzene rings is 1. The molecule has 0 radical (unpaired) electrons. The molecule has 0 aliphatic rings. The van der Waals surface area contributed by atoms with E-state index in [4.69, 9.17) is 0 Å². The molecule has 2 amide bonds. The first kappa shape index (κ1) is 22.4. The van der Waals surface area contributed by atoms with Crippen molar-refractivity contribution in [2.75, 3.05) is 38.0 Å². The molecule has 0 unspecified atom stereocenters. The largest absolute Gasteiger partial charge is 0.332 e. The summed E-state index contributed by atoms with van der Waals surface area (Å²) in [6, 6.07) is 5.89. The molecule has 1 aromatic rings. The van der Waals surface area contributed by atoms with Crippen LogP contribution in [0, 0.1) is 13.8 Å². The molecule has 0 saturated heterocycles. The number of carbonyl (C=O) groups excluding carboxylic acids is 2. The number of anilines is 1. The van der Waals surface area contributed by atoms with E-state index < -0.39 is 0 Å². The maximum absolute atomic E-state index is 12.3. The standard InChI is InChI=1S/C18H29N3O2.ClH/c1-6-20(7-2)11-12-21(16(5)22)13-17(23)19-18-14(3)9-8-10-15(18)4;/h8-10H,6-7,11-13H2,1-5H3,(H,19,23);1H. The van der Waals surface area contributed by atoms with Gasteiger partial charge in [-0.1, -0.05) is 32.0 Å². The monoisotopic (exact) mass is 355 g/mol. The second kappa shape index (κ2) is 11.0. The Labute approximate surface area is 151 Å². The topological polar surface area (TPSA) is 52.6 Å². The minimum absolute atomic E-state index is 0. The van der Waals surface area contributed by atoms with Crippen molar-refractivity contribution in [3.05, 3.63) is 29.3 Å². The third-order valence-electron chi connectivity index (χ3n) is 4.11. The van der Waals surface area contributed by atoms with Crippen LogP contribution in [0.2, 0.25) is 0 Å². The molecular weight excluding hydrogens is 326 g/mol. The fourth-order valence-corrected chi connectivity index (χ4v) is 2.51. The summed E-state index contributed by atoms with van der Waals surface area (Å²) >= 11 is 0. The van der Waals surface area contributed by atoms with Crippen molar-refractivity contribution in [1.29, 1.82) is 0 Å². The molecule has 0 aromatic heterocycles. The number of nitrogens with zero attached hydrogens (tertiary/aromatic N) is 2. The third kappa shape index (κ3) is 6.89. The molecule has 0 atom stereocenters. The lowest BCUT2D eigenvalue weighted by atomic mass is 10.1. The summed E-state index contributed by atoms with van der Waals surface area (Å²) < 4.78 is 0. The number of likely N-dealkylation sites (N-methyl/N-ethyl adjacent to an activating group) is 1. The second-order valence-electron chi connectivity index (χ2n) is 5.78. The van der Waals surface area contributed by atoms with Crippen LogP contribution in [0.15, 0.2) is 18.2 Å². The zero-order chi connectivity index (χ0) is 17.4. The van der Waals surface area contributed by atoms with E-state index in [0.29, 0.717) is 6.54 Å². The van der Waals surface area contributed by atoms with Crippen molar-refractivity contribution in [2.24, 2.45) is 0 Å². The van der Waals surface area contributed by atoms with Crippen molar-refractivity contribution in [3.63, 3.8) is 0 Å². The van der Waals surface area contributed by atoms with Crippen molar-refractivity contribution < 1.29 is 9.59 Å². The molecule has 0 aliphatic carbocycles. The van der Waals surface area contributed by atoms with E-state index in [-0.39, 0.29) is 30.8 Å². The summed E-state index contributed by atoms with van der Waals surface area (Å²) in [5.41, 5.74) is 2.89. The lowest BCUT2D eigenvalue weighted by Crippen LogP contribution is -2.41. The first-order valence-corrected chi connectivity index (χ1v) is 8.22. The predicted octanol–water partition coefficient (Wildman–Crippen LogP) is 2.85. The molecule has 0 heterocycles. The Balaban J connectivity index is 0.00000529. The SMILES string of the molecule is CCN(CC)CCN(CC(=O)Nc1c(C)cccc1C)C(C)=O.Cl. The Kier molecular flexibility index (Phi) is 10.3. The number of para-hydroxylation sites is 1. The highest BCUT2D eigenvalue weighted by atomic mass is 35.5. The first-order valence-electron chi connectivity index (χ1n) is 8.22. The van der Waals surface area contributed by atoms with Gasteiger partial charge in [0.25, 0.3) is 0 Å². The molecule has 0 saturated carbocycles. The predicted molar refractivity (Wildman–Crippen MR) is 102 cm³/mol. The minimum atomic E-state index is -0.155. The highest BCUT2D eigenvalue weighted by molar-refractivity contribution is 5.95. The van der Waals surface area contributed by atoms with E-state index in [0.717, 1.165) is 36.4 Å². The lowest BCUT2D eigenvalue weighted by Gasteiger charge is -2.25. The smallest absolute Gasteiger partial charge is 0.244 e. The zero-order valence-corrected chi connectivity index (χ0v) is 16.2. The fraction of sp³-hybridized carbons (Fsp3) is 0.556. The second-order valence-corrected chi connectivity index (χ2v) is 5.78. The number of aryl methyl sites for hydroxylation is 2. The Bertz CT molecular complexity index is 525. The zero-order valence-electron chi connectivity index (χ0n) is 15.4. The number of nitrogens with one attached hydrogen (secondary N) is 1. The molecule has 1 rings (SSSR count). The normalized spacial score (nSPS) is 10.2. The Morgan fingerprint density at radius 2 is 1.58 bits per heavy atom. The summed E-state index contributed by atoms with van der Waals surface area (Å²) in [7, 11) is 0. The molecular formula is C18H30ClN3O2. The van der Waals surface area contributed by atoms with Crippen molar-refractivity contribution in [3.8, 4) is 0 Å². The van der Waals surface area contributed by atoms with Crippen molar-refractivity contribution in [2.45, 2.75) is 34.6 Å². The highest BCUT2D eigenvalue weighted by Crippen LogP contribution is 2.19. The van der Waals surface area contributed by atoms with Crippen LogP contribution < -0.4 is 5.32 Å². The number of rotatable bonds is 8. The van der Waals surface area contributed by atoms with E-state index in [9.17, 15) is 9.59 Å². The number of carbonyl (C=O) groups is 2. The van der Waals surface area contributed by atoms with Gasteiger partial charge in [-0.2, -0.15) is 0 Å². The molecule has 136 valence electrons. The van der Waals surface area contributed by atoms with Gasteiger partial charge in [0.05, 0.1) is 6.54 Å². The summed E-state index contributed by atoms with van der Waals surface area (Å²) in [4.78, 5) is 27.9. The third-order valence-corrected chi connectivity index (χ3v) is 4.11. The summed E-state index contributed by atoms with van der Waals surface area (Å²) in [6.45, 7) is 12.9. The highest BCUT2D eigenvalue weighted by Gasteiger charge is 2.15. The van der Waals surface area contributed by atoms with Crippen LogP contribution in [0.4, 0.5) is 5.69 Å². The number of halogens is 1. The average molecular weight is 356 g/mol. The van der Waals surface area contributed by atoms with E-state index in [1.165, 1.54) is 6.92 Å². The summed E-state index contributed by atoms with van der Waals surface area (Å²) in [5.74, 6) is -0.231. The van der Waals surface area contributed by atoms with E-state index in [2.05, 4.69) is 24.1 Å². The number of hydrogen-bond donors (Lipinski definition) is 1. The van der Waals surface area contributed by atoms with E-state index in [1.807, 2.05) is 32.0 Å². The van der Waals surface area contributed by atoms with Gasteiger partial charge in [-0.25, -0.2) is 0 Å². The fourth-order valence-electron chi connectivity index (χ4n) is 2.51. The van der Waals surface area contributed by atoms with E-state index >= 15 is 0 Å². The Hall–Kier alpha value is -1.59. The van der Waals surface area contributed by atoms with Gasteiger partial charge in [-0.3, -0.25) is 9.59 Å². The van der Waals surface area contributed by atoms with Crippen LogP contribution in [0.5, 0.6) is 0 Å². The van der Waals surface area contributed by atoms with Crippen LogP contribution in [0.3, 0.4) is 0 Å². The van der Waals surface area contributed by atoms with Crippen LogP contribution in [-0.2, 0) is 9.59 Å². The Morgan fingerprint density at radius 1 is 1.04 bits per heavy atom. The van der Waals surface area contributed by atoms with Gasteiger partial charge in [0, 0.05) is 25.7 Å². The maximum Gasteiger partial charge on any atom is 0.244 e. The number of hydrogen-bond acceptors (Lipinski definition) is 3. The van der Waals surface area contributed by atoms with Gasteiger partial charge in [0.15, 0.2) is 0 Å². The van der Waals surface area contributed by atoms with Gasteiger partial charge in [-0.05, 0) is 38.1 Å². The van der Waals surface area contributed by atoms with Crippen LogP contribution in [0.1, 0.15) is 31.9 Å². The molecule has 24 heavy (non-hydrogen) atoms. The van der Waals surface area contributed by atoms with Gasteiger partial charge < -0.3 is 15.1 Å². The van der Waals surface area contributed by atoms with Crippen molar-refractivity contribution in [1.82, 2.24) is 9.80 Å². The van der Waals surface area contributed by atoms with E-state index in [1.54, 1.807) is 4.90 Å². The van der Waals surface area contributed by atoms with Crippen LogP contribution >= 0.6 is 12.4 Å². The molecule has 1 N–H and O–H groups in total. The molecule has 0 bridgehead atoms. The average Bonchev–Trinajstić information content (AvgIpc) is 2.50. The Morgan fingerprint density at radius 3 is 2.04 bits per heavy atom. The molecule has 5 nitrogen and oxygen atoms in total. The van der Waals surface area contributed by atoms with Gasteiger partial charge in [0.1, 0.15) is 0 Å². The summed E-state index contributed by atoms with van der Waals surface area (Å²) in [6.07, 6.45) is 0. The molecule has 1 aromatic carbocycles. The minimum Gasteiger partial charge on any atom is -0.332 e. The van der Waals surface area contributed by atoms with Gasteiger partial charge in [0.2, 0.25) is 11.8 Å². The summed E-state index contributed by atoms with van der Waals surface area (Å²) in [5, 5.41) is 2.93. The van der Waals surface area contributed by atoms with Crippen molar-refractivity contribution >= 4 is 29.9 Å². The maximum atomic E-state index is 12.3. The first-order chi connectivity index (χ1) is 10.9. The van der Waals surface area contributed by atoms with Gasteiger partial charge >= 0.3 is 0 Å². The molecule has 0 fully saturated rings. The van der Waals surface area contributed by atoms with Gasteiger partial charge in [-0.15, -0.1) is 12.4 Å². The lowest BCUT2D eigenvalue weighted by molar-refractivity contribution is -0.133. The molecule has 0 aliphatic heterocycles.